The Labute approximate surface area is 200 Å². The summed E-state index contributed by atoms with van der Waals surface area (Å²) >= 11 is 6.53. The van der Waals surface area contributed by atoms with Crippen molar-refractivity contribution in [1.82, 2.24) is 0 Å². The Kier molecular flexibility index (Phi) is 7.69. The van der Waals surface area contributed by atoms with Gasteiger partial charge in [0.1, 0.15) is 11.9 Å². The summed E-state index contributed by atoms with van der Waals surface area (Å²) in [7, 11) is 0. The van der Waals surface area contributed by atoms with Crippen LogP contribution in [0.4, 0.5) is 0 Å². The molecule has 5 heteroatoms. The number of hydrogen-bond donors (Lipinski definition) is 0. The topological polar surface area (TPSA) is 44.8 Å². The molecule has 1 saturated heterocycles. The molecule has 4 nitrogen and oxygen atoms in total. The summed E-state index contributed by atoms with van der Waals surface area (Å²) in [5, 5.41) is 0.726. The number of carbonyl (C=O) groups excluding carboxylic acids is 1. The normalized spacial score (nSPS) is 20.3. The third-order valence-electron chi connectivity index (χ3n) is 5.82. The number of benzene rings is 3. The Morgan fingerprint density at radius 2 is 1.79 bits per heavy atom. The third-order valence-corrected chi connectivity index (χ3v) is 6.19. The zero-order valence-electron chi connectivity index (χ0n) is 19.0. The lowest BCUT2D eigenvalue weighted by Gasteiger charge is -2.34. The van der Waals surface area contributed by atoms with Crippen LogP contribution >= 0.6 is 11.6 Å². The molecule has 172 valence electrons. The van der Waals surface area contributed by atoms with Gasteiger partial charge in [-0.15, -0.1) is 0 Å². The highest BCUT2D eigenvalue weighted by Gasteiger charge is 2.31. The minimum absolute atomic E-state index is 0.0115. The Morgan fingerprint density at radius 3 is 2.52 bits per heavy atom. The van der Waals surface area contributed by atoms with Gasteiger partial charge < -0.3 is 14.2 Å². The van der Waals surface area contributed by atoms with Gasteiger partial charge in [-0.1, -0.05) is 54.1 Å². The maximum atomic E-state index is 12.5. The van der Waals surface area contributed by atoms with Gasteiger partial charge in [-0.05, 0) is 67.3 Å². The van der Waals surface area contributed by atoms with Crippen LogP contribution < -0.4 is 4.74 Å². The maximum absolute atomic E-state index is 12.5. The largest absolute Gasteiger partial charge is 0.494 e. The van der Waals surface area contributed by atoms with Gasteiger partial charge in [-0.25, -0.2) is 4.79 Å². The van der Waals surface area contributed by atoms with Crippen LogP contribution in [0.3, 0.4) is 0 Å². The number of hydrogen-bond acceptors (Lipinski definition) is 4. The Balaban J connectivity index is 1.46. The molecule has 0 N–H and O–H groups in total. The van der Waals surface area contributed by atoms with Crippen molar-refractivity contribution in [2.24, 2.45) is 0 Å². The molecule has 3 unspecified atom stereocenters. The highest BCUT2D eigenvalue weighted by atomic mass is 35.5. The van der Waals surface area contributed by atoms with E-state index in [0.717, 1.165) is 27.5 Å². The van der Waals surface area contributed by atoms with E-state index in [0.29, 0.717) is 31.4 Å². The minimum Gasteiger partial charge on any atom is -0.494 e. The quantitative estimate of drug-likeness (QED) is 0.361. The smallest absolute Gasteiger partial charge is 0.338 e. The van der Waals surface area contributed by atoms with Gasteiger partial charge in [0.05, 0.1) is 24.4 Å². The van der Waals surface area contributed by atoms with E-state index in [4.69, 9.17) is 25.8 Å². The highest BCUT2D eigenvalue weighted by molar-refractivity contribution is 6.31. The van der Waals surface area contributed by atoms with Gasteiger partial charge in [0.15, 0.2) is 0 Å². The number of rotatable bonds is 7. The van der Waals surface area contributed by atoms with Crippen LogP contribution in [0.15, 0.2) is 72.8 Å². The van der Waals surface area contributed by atoms with Crippen molar-refractivity contribution in [3.8, 4) is 5.75 Å². The van der Waals surface area contributed by atoms with E-state index in [1.807, 2.05) is 56.3 Å². The molecule has 3 aromatic carbocycles. The van der Waals surface area contributed by atoms with Crippen molar-refractivity contribution >= 4 is 17.6 Å². The van der Waals surface area contributed by atoms with Gasteiger partial charge in [-0.2, -0.15) is 0 Å². The van der Waals surface area contributed by atoms with Crippen molar-refractivity contribution in [2.75, 3.05) is 6.61 Å². The van der Waals surface area contributed by atoms with Crippen molar-refractivity contribution in [1.29, 1.82) is 0 Å². The summed E-state index contributed by atoms with van der Waals surface area (Å²) in [6.07, 6.45) is 1.65. The molecule has 4 rings (SSSR count). The summed E-state index contributed by atoms with van der Waals surface area (Å²) in [4.78, 5) is 12.5. The molecule has 0 bridgehead atoms. The first-order valence-electron chi connectivity index (χ1n) is 11.4. The van der Waals surface area contributed by atoms with Crippen LogP contribution in [0.1, 0.15) is 59.8 Å². The maximum Gasteiger partial charge on any atom is 0.338 e. The van der Waals surface area contributed by atoms with Crippen LogP contribution in [-0.2, 0) is 15.9 Å². The molecular formula is C28H29ClO4. The summed E-state index contributed by atoms with van der Waals surface area (Å²) in [6.45, 7) is 4.64. The fourth-order valence-corrected chi connectivity index (χ4v) is 4.41. The number of carbonyl (C=O) groups is 1. The van der Waals surface area contributed by atoms with Gasteiger partial charge in [0.25, 0.3) is 0 Å². The molecule has 0 amide bonds. The van der Waals surface area contributed by atoms with Crippen LogP contribution in [0.25, 0.3) is 0 Å². The zero-order valence-corrected chi connectivity index (χ0v) is 19.8. The SMILES string of the molecule is CCOc1ccc(Cc2cc(C3CC(OC(=O)c4ccccc4)CC(C)O3)ccc2Cl)cc1. The van der Waals surface area contributed by atoms with Crippen LogP contribution in [-0.4, -0.2) is 24.8 Å². The molecule has 3 aromatic rings. The van der Waals surface area contributed by atoms with Crippen LogP contribution in [0.2, 0.25) is 5.02 Å². The average molecular weight is 465 g/mol. The molecule has 33 heavy (non-hydrogen) atoms. The van der Waals surface area contributed by atoms with E-state index in [9.17, 15) is 4.79 Å². The first-order chi connectivity index (χ1) is 16.0. The highest BCUT2D eigenvalue weighted by Crippen LogP contribution is 2.35. The van der Waals surface area contributed by atoms with Crippen molar-refractivity contribution in [3.63, 3.8) is 0 Å². The monoisotopic (exact) mass is 464 g/mol. The van der Waals surface area contributed by atoms with Gasteiger partial charge in [0.2, 0.25) is 0 Å². The molecule has 0 radical (unpaired) electrons. The number of halogens is 1. The average Bonchev–Trinajstić information content (AvgIpc) is 2.82. The molecule has 1 fully saturated rings. The van der Waals surface area contributed by atoms with E-state index in [1.54, 1.807) is 12.1 Å². The first kappa shape index (κ1) is 23.3. The second kappa shape index (κ2) is 10.9. The summed E-state index contributed by atoms with van der Waals surface area (Å²) < 4.78 is 17.6. The lowest BCUT2D eigenvalue weighted by atomic mass is 9.94. The Bertz CT molecular complexity index is 1070. The Hall–Kier alpha value is -2.82. The standard InChI is InChI=1S/C28H29ClO4/c1-3-31-24-12-9-20(10-13-24)16-23-17-22(11-14-26(23)29)27-18-25(15-19(2)32-27)33-28(30)21-7-5-4-6-8-21/h4-14,17,19,25,27H,3,15-16,18H2,1-2H3. The molecule has 0 saturated carbocycles. The lowest BCUT2D eigenvalue weighted by Crippen LogP contribution is -2.33. The van der Waals surface area contributed by atoms with E-state index in [1.165, 1.54) is 0 Å². The van der Waals surface area contributed by atoms with Crippen LogP contribution in [0.5, 0.6) is 5.75 Å². The molecule has 1 heterocycles. The summed E-state index contributed by atoms with van der Waals surface area (Å²) in [5.74, 6) is 0.572. The summed E-state index contributed by atoms with van der Waals surface area (Å²) in [6, 6.07) is 23.2. The lowest BCUT2D eigenvalue weighted by molar-refractivity contribution is -0.0949. The van der Waals surface area contributed by atoms with Crippen molar-refractivity contribution < 1.29 is 19.0 Å². The fraction of sp³-hybridized carbons (Fsp3) is 0.321. The molecule has 1 aliphatic rings. The van der Waals surface area contributed by atoms with E-state index >= 15 is 0 Å². The van der Waals surface area contributed by atoms with Gasteiger partial charge in [-0.3, -0.25) is 0 Å². The molecule has 0 aromatic heterocycles. The molecular weight excluding hydrogens is 436 g/mol. The van der Waals surface area contributed by atoms with Crippen molar-refractivity contribution in [2.45, 2.75) is 51.4 Å². The molecule has 1 aliphatic heterocycles. The third kappa shape index (κ3) is 6.16. The minimum atomic E-state index is -0.291. The second-order valence-corrected chi connectivity index (χ2v) is 8.81. The second-order valence-electron chi connectivity index (χ2n) is 8.40. The van der Waals surface area contributed by atoms with Crippen LogP contribution in [0, 0.1) is 0 Å². The predicted octanol–water partition coefficient (Wildman–Crippen LogP) is 6.80. The molecule has 3 atom stereocenters. The van der Waals surface area contributed by atoms with E-state index < -0.39 is 0 Å². The summed E-state index contributed by atoms with van der Waals surface area (Å²) in [5.41, 5.74) is 3.81. The first-order valence-corrected chi connectivity index (χ1v) is 11.8. The van der Waals surface area contributed by atoms with E-state index in [-0.39, 0.29) is 24.3 Å². The fourth-order valence-electron chi connectivity index (χ4n) is 4.22. The molecule has 0 aliphatic carbocycles. The van der Waals surface area contributed by atoms with E-state index in [2.05, 4.69) is 18.2 Å². The predicted molar refractivity (Wildman–Crippen MR) is 130 cm³/mol. The van der Waals surface area contributed by atoms with Gasteiger partial charge in [0, 0.05) is 17.9 Å². The Morgan fingerprint density at radius 1 is 1.03 bits per heavy atom. The zero-order chi connectivity index (χ0) is 23.2. The van der Waals surface area contributed by atoms with Gasteiger partial charge >= 0.3 is 5.97 Å². The number of ether oxygens (including phenoxy) is 3. The molecule has 0 spiro atoms. The van der Waals surface area contributed by atoms with Crippen molar-refractivity contribution in [3.05, 3.63) is 100 Å². The number of esters is 1.